The zero-order valence-electron chi connectivity index (χ0n) is 31.5. The fourth-order valence-electron chi connectivity index (χ4n) is 8.20. The van der Waals surface area contributed by atoms with Crippen molar-refractivity contribution in [1.29, 1.82) is 0 Å². The third-order valence-corrected chi connectivity index (χ3v) is 16.4. The molecule has 0 aromatic heterocycles. The molecule has 0 unspecified atom stereocenters. The molecule has 1 aliphatic carbocycles. The number of rotatable bonds is 5. The van der Waals surface area contributed by atoms with E-state index in [2.05, 4.69) is 157 Å². The molecule has 6 aromatic rings. The summed E-state index contributed by atoms with van der Waals surface area (Å²) in [5.74, 6) is 0. The molecule has 0 heterocycles. The van der Waals surface area contributed by atoms with Gasteiger partial charge in [-0.1, -0.05) is 152 Å². The Morgan fingerprint density at radius 1 is 0.551 bits per heavy atom. The van der Waals surface area contributed by atoms with Gasteiger partial charge in [-0.25, -0.2) is 0 Å². The van der Waals surface area contributed by atoms with Crippen LogP contribution in [0.15, 0.2) is 109 Å². The average Bonchev–Trinajstić information content (AvgIpc) is 3.70. The summed E-state index contributed by atoms with van der Waals surface area (Å²) < 4.78 is 0. The SMILES string of the molecule is CC(C)(C)c1cccc(-c2cccc3[cH-]c([Si](C)(c4cc5c(-c6cccc(C(C)(C)C)c6)cccc5[cH-]4)C4CCCCC4)cc23)c1.[CH3-].[CH3-].[Hf+4]. The molecular formula is C47H56HfSi. The Kier molecular flexibility index (Phi) is 11.8. The van der Waals surface area contributed by atoms with Gasteiger partial charge in [0.05, 0.1) is 8.07 Å². The normalized spacial score (nSPS) is 14.3. The van der Waals surface area contributed by atoms with Crippen molar-refractivity contribution in [3.05, 3.63) is 135 Å². The van der Waals surface area contributed by atoms with Crippen LogP contribution in [0.1, 0.15) is 84.8 Å². The van der Waals surface area contributed by atoms with Crippen LogP contribution < -0.4 is 10.4 Å². The molecule has 0 nitrogen and oxygen atoms in total. The molecular weight excluding hydrogens is 771 g/mol. The second-order valence-corrected chi connectivity index (χ2v) is 20.7. The Hall–Kier alpha value is -2.81. The van der Waals surface area contributed by atoms with Crippen molar-refractivity contribution < 1.29 is 25.8 Å². The molecule has 1 aliphatic rings. The summed E-state index contributed by atoms with van der Waals surface area (Å²) in [7, 11) is -2.10. The largest absolute Gasteiger partial charge is 4.00 e. The van der Waals surface area contributed by atoms with Crippen molar-refractivity contribution in [3.63, 3.8) is 0 Å². The van der Waals surface area contributed by atoms with E-state index in [1.54, 1.807) is 10.4 Å². The monoisotopic (exact) mass is 828 g/mol. The van der Waals surface area contributed by atoms with E-state index in [0.717, 1.165) is 5.54 Å². The van der Waals surface area contributed by atoms with Crippen molar-refractivity contribution in [2.24, 2.45) is 0 Å². The van der Waals surface area contributed by atoms with Crippen LogP contribution in [0.25, 0.3) is 43.8 Å². The quantitative estimate of drug-likeness (QED) is 0.120. The van der Waals surface area contributed by atoms with Crippen molar-refractivity contribution >= 4 is 40.0 Å². The first-order chi connectivity index (χ1) is 21.9. The molecule has 0 saturated heterocycles. The maximum atomic E-state index is 2.70. The van der Waals surface area contributed by atoms with Gasteiger partial charge in [0.1, 0.15) is 0 Å². The molecule has 252 valence electrons. The van der Waals surface area contributed by atoms with Crippen molar-refractivity contribution in [1.82, 2.24) is 0 Å². The molecule has 0 bridgehead atoms. The summed E-state index contributed by atoms with van der Waals surface area (Å²) in [5, 5.41) is 8.82. The number of fused-ring (bicyclic) bond motifs is 2. The van der Waals surface area contributed by atoms with E-state index in [-0.39, 0.29) is 51.5 Å². The van der Waals surface area contributed by atoms with Crippen molar-refractivity contribution in [2.45, 2.75) is 96.6 Å². The summed E-state index contributed by atoms with van der Waals surface area (Å²) in [6.07, 6.45) is 6.82. The molecule has 49 heavy (non-hydrogen) atoms. The first-order valence-electron chi connectivity index (χ1n) is 17.5. The standard InChI is InChI=1S/C45H50Si.2CH3.Hf/c1-44(2,3)35-19-11-15-31(25-35)40-23-13-17-33-27-38(29-42(33)40)46(7,37-21-9-8-10-22-37)39-28-34-18-14-24-41(43(34)30-39)32-16-12-20-36(26-32)45(4,5)6;;;/h11-20,23-30,37H,8-10,21-22H2,1-7H3;2*1H3;/q-2;2*-1;+4. The summed E-state index contributed by atoms with van der Waals surface area (Å²) >= 11 is 0. The fourth-order valence-corrected chi connectivity index (χ4v) is 12.8. The molecule has 0 radical (unpaired) electrons. The molecule has 6 aromatic carbocycles. The molecule has 2 heteroatoms. The van der Waals surface area contributed by atoms with E-state index in [9.17, 15) is 0 Å². The number of hydrogen-bond acceptors (Lipinski definition) is 0. The van der Waals surface area contributed by atoms with Gasteiger partial charge >= 0.3 is 25.8 Å². The molecule has 0 amide bonds. The van der Waals surface area contributed by atoms with Crippen LogP contribution in [0.3, 0.4) is 0 Å². The Morgan fingerprint density at radius 3 is 1.37 bits per heavy atom. The predicted molar refractivity (Wildman–Crippen MR) is 218 cm³/mol. The van der Waals surface area contributed by atoms with Crippen LogP contribution in [-0.4, -0.2) is 8.07 Å². The topological polar surface area (TPSA) is 0 Å². The summed E-state index contributed by atoms with van der Waals surface area (Å²) in [6, 6.07) is 42.7. The molecule has 0 spiro atoms. The van der Waals surface area contributed by atoms with Gasteiger partial charge in [-0.05, 0) is 38.6 Å². The van der Waals surface area contributed by atoms with Crippen LogP contribution in [-0.2, 0) is 36.7 Å². The fraction of sp³-hybridized carbons (Fsp3) is 0.319. The van der Waals surface area contributed by atoms with Crippen LogP contribution in [0, 0.1) is 14.9 Å². The van der Waals surface area contributed by atoms with Gasteiger partial charge in [0.15, 0.2) is 0 Å². The third-order valence-electron chi connectivity index (χ3n) is 11.2. The van der Waals surface area contributed by atoms with Crippen LogP contribution in [0.4, 0.5) is 0 Å². The van der Waals surface area contributed by atoms with E-state index in [0.29, 0.717) is 0 Å². The van der Waals surface area contributed by atoms with Gasteiger partial charge in [0.25, 0.3) is 0 Å². The molecule has 1 fully saturated rings. The van der Waals surface area contributed by atoms with E-state index in [4.69, 9.17) is 0 Å². The first kappa shape index (κ1) is 39.0. The average molecular weight is 828 g/mol. The molecule has 0 aliphatic heterocycles. The first-order valence-corrected chi connectivity index (χ1v) is 20.1. The zero-order chi connectivity index (χ0) is 32.3. The zero-order valence-corrected chi connectivity index (χ0v) is 36.1. The summed E-state index contributed by atoms with van der Waals surface area (Å²) in [5.41, 5.74) is 9.18. The van der Waals surface area contributed by atoms with Crippen LogP contribution in [0.2, 0.25) is 12.1 Å². The summed E-state index contributed by atoms with van der Waals surface area (Å²) in [4.78, 5) is 0. The Balaban J connectivity index is 0.00000180. The Labute approximate surface area is 317 Å². The van der Waals surface area contributed by atoms with Gasteiger partial charge in [-0.2, -0.15) is 12.1 Å². The smallest absolute Gasteiger partial charge is 0.358 e. The second kappa shape index (κ2) is 14.8. The molecule has 1 saturated carbocycles. The van der Waals surface area contributed by atoms with Gasteiger partial charge in [-0.15, -0.1) is 68.3 Å². The molecule has 7 rings (SSSR count). The minimum absolute atomic E-state index is 0. The van der Waals surface area contributed by atoms with Crippen molar-refractivity contribution in [3.8, 4) is 22.3 Å². The van der Waals surface area contributed by atoms with E-state index in [1.807, 2.05) is 0 Å². The number of benzene rings is 4. The van der Waals surface area contributed by atoms with Gasteiger partial charge in [0, 0.05) is 0 Å². The Morgan fingerprint density at radius 2 is 0.959 bits per heavy atom. The maximum Gasteiger partial charge on any atom is 4.00 e. The summed E-state index contributed by atoms with van der Waals surface area (Å²) in [6.45, 7) is 16.6. The van der Waals surface area contributed by atoms with Gasteiger partial charge in [0.2, 0.25) is 0 Å². The van der Waals surface area contributed by atoms with Crippen LogP contribution in [0.5, 0.6) is 0 Å². The Bertz CT molecular complexity index is 1880. The minimum atomic E-state index is -2.10. The predicted octanol–water partition coefficient (Wildman–Crippen LogP) is 12.8. The van der Waals surface area contributed by atoms with E-state index < -0.39 is 8.07 Å². The molecule has 0 atom stereocenters. The van der Waals surface area contributed by atoms with E-state index >= 15 is 0 Å². The van der Waals surface area contributed by atoms with Crippen LogP contribution >= 0.6 is 0 Å². The van der Waals surface area contributed by atoms with E-state index in [1.165, 1.54) is 87.0 Å². The third kappa shape index (κ3) is 7.34. The maximum absolute atomic E-state index is 2.70. The molecule has 0 N–H and O–H groups in total. The second-order valence-electron chi connectivity index (χ2n) is 16.3. The van der Waals surface area contributed by atoms with Gasteiger partial charge < -0.3 is 14.9 Å². The van der Waals surface area contributed by atoms with Crippen molar-refractivity contribution in [2.75, 3.05) is 0 Å². The van der Waals surface area contributed by atoms with Gasteiger partial charge in [-0.3, -0.25) is 0 Å². The minimum Gasteiger partial charge on any atom is -0.358 e. The number of hydrogen-bond donors (Lipinski definition) is 0.